The third-order valence-electron chi connectivity index (χ3n) is 2.51. The van der Waals surface area contributed by atoms with Crippen molar-refractivity contribution in [2.75, 3.05) is 0 Å². The summed E-state index contributed by atoms with van der Waals surface area (Å²) in [5, 5.41) is 3.81. The highest BCUT2D eigenvalue weighted by atomic mass is 35.5. The van der Waals surface area contributed by atoms with Crippen molar-refractivity contribution >= 4 is 11.6 Å². The van der Waals surface area contributed by atoms with E-state index in [0.29, 0.717) is 17.8 Å². The van der Waals surface area contributed by atoms with E-state index in [9.17, 15) is 0 Å². The Kier molecular flexibility index (Phi) is 3.65. The summed E-state index contributed by atoms with van der Waals surface area (Å²) < 4.78 is 5.27. The van der Waals surface area contributed by atoms with Crippen molar-refractivity contribution in [3.05, 3.63) is 59.0 Å². The first kappa shape index (κ1) is 11.2. The van der Waals surface area contributed by atoms with Crippen LogP contribution in [0.25, 0.3) is 0 Å². The Morgan fingerprint density at radius 1 is 1.19 bits per heavy atom. The summed E-state index contributed by atoms with van der Waals surface area (Å²) in [5.74, 6) is 0.854. The maximum absolute atomic E-state index is 5.70. The lowest BCUT2D eigenvalue weighted by Crippen LogP contribution is -2.17. The Labute approximate surface area is 100 Å². The first-order valence-corrected chi connectivity index (χ1v) is 5.66. The van der Waals surface area contributed by atoms with Crippen LogP contribution in [-0.2, 0) is 6.54 Å². The van der Waals surface area contributed by atoms with Crippen LogP contribution in [0.1, 0.15) is 24.3 Å². The van der Waals surface area contributed by atoms with Crippen LogP contribution in [0, 0.1) is 0 Å². The predicted octanol–water partition coefficient (Wildman–Crippen LogP) is 3.78. The molecule has 0 saturated heterocycles. The molecule has 2 aromatic rings. The highest BCUT2D eigenvalue weighted by Crippen LogP contribution is 2.15. The topological polar surface area (TPSA) is 25.2 Å². The minimum absolute atomic E-state index is 0.296. The van der Waals surface area contributed by atoms with E-state index in [1.54, 1.807) is 6.07 Å². The summed E-state index contributed by atoms with van der Waals surface area (Å²) in [6.07, 6.45) is 0. The Morgan fingerprint density at radius 2 is 1.94 bits per heavy atom. The molecule has 0 unspecified atom stereocenters. The SMILES string of the molecule is C[C@@H](NCc1ccc(Cl)o1)c1ccccc1. The summed E-state index contributed by atoms with van der Waals surface area (Å²) in [6.45, 7) is 2.81. The van der Waals surface area contributed by atoms with E-state index in [-0.39, 0.29) is 0 Å². The molecule has 0 bridgehead atoms. The van der Waals surface area contributed by atoms with Crippen LogP contribution in [0.3, 0.4) is 0 Å². The Bertz CT molecular complexity index is 438. The van der Waals surface area contributed by atoms with Crippen molar-refractivity contribution < 1.29 is 4.42 Å². The molecule has 0 saturated carbocycles. The largest absolute Gasteiger partial charge is 0.448 e. The van der Waals surface area contributed by atoms with Crippen molar-refractivity contribution in [3.63, 3.8) is 0 Å². The Balaban J connectivity index is 1.91. The van der Waals surface area contributed by atoms with Gasteiger partial charge in [-0.25, -0.2) is 0 Å². The monoisotopic (exact) mass is 235 g/mol. The van der Waals surface area contributed by atoms with Gasteiger partial charge in [-0.15, -0.1) is 0 Å². The van der Waals surface area contributed by atoms with E-state index >= 15 is 0 Å². The van der Waals surface area contributed by atoms with E-state index < -0.39 is 0 Å². The van der Waals surface area contributed by atoms with Crippen molar-refractivity contribution in [2.24, 2.45) is 0 Å². The zero-order valence-electron chi connectivity index (χ0n) is 9.11. The van der Waals surface area contributed by atoms with Crippen LogP contribution in [0.5, 0.6) is 0 Å². The van der Waals surface area contributed by atoms with E-state index in [0.717, 1.165) is 5.76 Å². The van der Waals surface area contributed by atoms with E-state index in [4.69, 9.17) is 16.0 Å². The van der Waals surface area contributed by atoms with Gasteiger partial charge >= 0.3 is 0 Å². The van der Waals surface area contributed by atoms with Crippen molar-refractivity contribution in [1.29, 1.82) is 0 Å². The second-order valence-corrected chi connectivity index (χ2v) is 4.09. The second-order valence-electron chi connectivity index (χ2n) is 3.72. The third kappa shape index (κ3) is 2.87. The molecular formula is C13H14ClNO. The summed E-state index contributed by atoms with van der Waals surface area (Å²) in [6, 6.07) is 14.2. The normalized spacial score (nSPS) is 12.6. The maximum Gasteiger partial charge on any atom is 0.193 e. The van der Waals surface area contributed by atoms with Gasteiger partial charge in [0.2, 0.25) is 0 Å². The third-order valence-corrected chi connectivity index (χ3v) is 2.71. The summed E-state index contributed by atoms with van der Waals surface area (Å²) >= 11 is 5.70. The van der Waals surface area contributed by atoms with Crippen molar-refractivity contribution in [1.82, 2.24) is 5.32 Å². The zero-order valence-corrected chi connectivity index (χ0v) is 9.87. The lowest BCUT2D eigenvalue weighted by atomic mass is 10.1. The first-order valence-electron chi connectivity index (χ1n) is 5.28. The highest BCUT2D eigenvalue weighted by Gasteiger charge is 2.05. The van der Waals surface area contributed by atoms with Crippen molar-refractivity contribution in [3.8, 4) is 0 Å². The number of furan rings is 1. The molecule has 84 valence electrons. The van der Waals surface area contributed by atoms with Gasteiger partial charge in [-0.1, -0.05) is 30.3 Å². The van der Waals surface area contributed by atoms with Crippen LogP contribution < -0.4 is 5.32 Å². The molecule has 0 radical (unpaired) electrons. The minimum Gasteiger partial charge on any atom is -0.448 e. The molecule has 1 aromatic carbocycles. The predicted molar refractivity (Wildman–Crippen MR) is 65.4 cm³/mol. The standard InChI is InChI=1S/C13H14ClNO/c1-10(11-5-3-2-4-6-11)15-9-12-7-8-13(14)16-12/h2-8,10,15H,9H2,1H3/t10-/m1/s1. The fourth-order valence-corrected chi connectivity index (χ4v) is 1.72. The lowest BCUT2D eigenvalue weighted by Gasteiger charge is -2.12. The van der Waals surface area contributed by atoms with E-state index in [2.05, 4.69) is 24.4 Å². The maximum atomic E-state index is 5.70. The number of halogens is 1. The molecule has 1 heterocycles. The molecule has 0 aliphatic rings. The van der Waals surface area contributed by atoms with E-state index in [1.807, 2.05) is 24.3 Å². The van der Waals surface area contributed by atoms with Crippen LogP contribution in [0.4, 0.5) is 0 Å². The van der Waals surface area contributed by atoms with Gasteiger partial charge in [0.05, 0.1) is 6.54 Å². The molecule has 16 heavy (non-hydrogen) atoms. The zero-order chi connectivity index (χ0) is 11.4. The molecule has 3 heteroatoms. The van der Waals surface area contributed by atoms with Crippen LogP contribution in [0.2, 0.25) is 5.22 Å². The number of nitrogens with one attached hydrogen (secondary N) is 1. The number of hydrogen-bond donors (Lipinski definition) is 1. The van der Waals surface area contributed by atoms with Gasteiger partial charge in [0.1, 0.15) is 5.76 Å². The fraction of sp³-hybridized carbons (Fsp3) is 0.231. The van der Waals surface area contributed by atoms with Crippen molar-refractivity contribution in [2.45, 2.75) is 19.5 Å². The fourth-order valence-electron chi connectivity index (χ4n) is 1.56. The first-order chi connectivity index (χ1) is 7.75. The molecule has 0 aliphatic carbocycles. The van der Waals surface area contributed by atoms with Gasteiger partial charge in [0.25, 0.3) is 0 Å². The molecule has 2 rings (SSSR count). The summed E-state index contributed by atoms with van der Waals surface area (Å²) in [5.41, 5.74) is 1.26. The Hall–Kier alpha value is -1.25. The molecule has 1 atom stereocenters. The summed E-state index contributed by atoms with van der Waals surface area (Å²) in [7, 11) is 0. The highest BCUT2D eigenvalue weighted by molar-refractivity contribution is 6.28. The molecule has 1 aromatic heterocycles. The van der Waals surface area contributed by atoms with Gasteiger partial charge in [-0.2, -0.15) is 0 Å². The number of hydrogen-bond acceptors (Lipinski definition) is 2. The second kappa shape index (κ2) is 5.19. The molecule has 2 nitrogen and oxygen atoms in total. The number of rotatable bonds is 4. The molecule has 0 fully saturated rings. The molecular weight excluding hydrogens is 222 g/mol. The lowest BCUT2D eigenvalue weighted by molar-refractivity contribution is 0.462. The van der Waals surface area contributed by atoms with Gasteiger partial charge in [-0.05, 0) is 36.2 Å². The molecule has 0 amide bonds. The smallest absolute Gasteiger partial charge is 0.193 e. The molecule has 0 aliphatic heterocycles. The summed E-state index contributed by atoms with van der Waals surface area (Å²) in [4.78, 5) is 0. The molecule has 1 N–H and O–H groups in total. The average molecular weight is 236 g/mol. The minimum atomic E-state index is 0.296. The Morgan fingerprint density at radius 3 is 2.56 bits per heavy atom. The van der Waals surface area contributed by atoms with Gasteiger partial charge in [0, 0.05) is 6.04 Å². The van der Waals surface area contributed by atoms with Crippen LogP contribution >= 0.6 is 11.6 Å². The van der Waals surface area contributed by atoms with Crippen LogP contribution in [0.15, 0.2) is 46.9 Å². The number of benzene rings is 1. The average Bonchev–Trinajstić information content (AvgIpc) is 2.73. The van der Waals surface area contributed by atoms with E-state index in [1.165, 1.54) is 5.56 Å². The van der Waals surface area contributed by atoms with Gasteiger partial charge in [-0.3, -0.25) is 0 Å². The van der Waals surface area contributed by atoms with Gasteiger partial charge < -0.3 is 9.73 Å². The quantitative estimate of drug-likeness (QED) is 0.873. The molecule has 0 spiro atoms. The van der Waals surface area contributed by atoms with Crippen LogP contribution in [-0.4, -0.2) is 0 Å². The van der Waals surface area contributed by atoms with Gasteiger partial charge in [0.15, 0.2) is 5.22 Å².